The molecule has 2 fully saturated rings. The molecule has 6 nitrogen and oxygen atoms in total. The zero-order valence-electron chi connectivity index (χ0n) is 23.3. The number of likely N-dealkylation sites (tertiary alicyclic amines) is 1. The molecule has 1 amide bonds. The van der Waals surface area contributed by atoms with Crippen molar-refractivity contribution in [2.75, 3.05) is 33.3 Å². The molecule has 6 rings (SSSR count). The highest BCUT2D eigenvalue weighted by atomic mass is 79.9. The first kappa shape index (κ1) is 28.2. The van der Waals surface area contributed by atoms with Crippen LogP contribution in [0, 0.1) is 0 Å². The smallest absolute Gasteiger partial charge is 0.261 e. The van der Waals surface area contributed by atoms with Crippen molar-refractivity contribution in [2.45, 2.75) is 44.4 Å². The highest BCUT2D eigenvalue weighted by molar-refractivity contribution is 9.10. The molecule has 2 N–H and O–H groups in total. The molecular weight excluding hydrogens is 598 g/mol. The number of rotatable bonds is 8. The molecule has 0 atom stereocenters. The number of carbonyl (C=O) groups excluding carboxylic acids is 1. The average Bonchev–Trinajstić information content (AvgIpc) is 3.44. The molecule has 0 radical (unpaired) electrons. The Hall–Kier alpha value is -2.91. The van der Waals surface area contributed by atoms with Crippen molar-refractivity contribution in [3.8, 4) is 22.6 Å². The number of ether oxygens (including phenoxy) is 2. The van der Waals surface area contributed by atoms with Gasteiger partial charge in [0.1, 0.15) is 17.6 Å². The summed E-state index contributed by atoms with van der Waals surface area (Å²) in [6.45, 7) is 4.87. The summed E-state index contributed by atoms with van der Waals surface area (Å²) in [6.07, 6.45) is 4.29. The fourth-order valence-corrected chi connectivity index (χ4v) is 7.30. The summed E-state index contributed by atoms with van der Waals surface area (Å²) in [7, 11) is 1.69. The first-order valence-corrected chi connectivity index (χ1v) is 16.0. The number of halogens is 1. The molecule has 0 spiro atoms. The zero-order valence-corrected chi connectivity index (χ0v) is 25.7. The van der Waals surface area contributed by atoms with E-state index in [2.05, 4.69) is 73.9 Å². The third-order valence-electron chi connectivity index (χ3n) is 8.07. The Balaban J connectivity index is 1.02. The molecule has 214 valence electrons. The van der Waals surface area contributed by atoms with Crippen molar-refractivity contribution >= 4 is 43.3 Å². The van der Waals surface area contributed by atoms with E-state index in [-0.39, 0.29) is 18.1 Å². The third kappa shape index (κ3) is 6.78. The van der Waals surface area contributed by atoms with Gasteiger partial charge in [0.25, 0.3) is 5.91 Å². The predicted octanol–water partition coefficient (Wildman–Crippen LogP) is 6.86. The Kier molecular flexibility index (Phi) is 8.91. The van der Waals surface area contributed by atoms with Crippen LogP contribution in [0.3, 0.4) is 0 Å². The summed E-state index contributed by atoms with van der Waals surface area (Å²) in [5, 5.41) is 7.77. The molecule has 0 unspecified atom stereocenters. The van der Waals surface area contributed by atoms with Gasteiger partial charge >= 0.3 is 0 Å². The predicted molar refractivity (Wildman–Crippen MR) is 170 cm³/mol. The van der Waals surface area contributed by atoms with E-state index in [0.29, 0.717) is 0 Å². The summed E-state index contributed by atoms with van der Waals surface area (Å²) < 4.78 is 13.9. The molecular formula is C33H36BrN3O3S. The maximum Gasteiger partial charge on any atom is 0.261 e. The van der Waals surface area contributed by atoms with E-state index in [1.807, 2.05) is 24.3 Å². The van der Waals surface area contributed by atoms with E-state index < -0.39 is 0 Å². The van der Waals surface area contributed by atoms with Crippen LogP contribution in [0.2, 0.25) is 0 Å². The molecule has 1 aromatic heterocycles. The fraction of sp³-hybridized carbons (Fsp3) is 0.364. The topological polar surface area (TPSA) is 62.8 Å². The van der Waals surface area contributed by atoms with Crippen molar-refractivity contribution in [3.05, 3.63) is 81.6 Å². The van der Waals surface area contributed by atoms with E-state index in [1.54, 1.807) is 18.4 Å². The van der Waals surface area contributed by atoms with Gasteiger partial charge in [-0.15, -0.1) is 11.3 Å². The van der Waals surface area contributed by atoms with Gasteiger partial charge in [0.2, 0.25) is 0 Å². The van der Waals surface area contributed by atoms with Crippen LogP contribution in [0.25, 0.3) is 21.2 Å². The molecule has 8 heteroatoms. The number of hydrogen-bond donors (Lipinski definition) is 2. The Labute approximate surface area is 254 Å². The van der Waals surface area contributed by atoms with E-state index in [4.69, 9.17) is 9.47 Å². The van der Waals surface area contributed by atoms with E-state index in [0.717, 1.165) is 100 Å². The number of carbonyl (C=O) groups is 1. The summed E-state index contributed by atoms with van der Waals surface area (Å²) in [4.78, 5) is 16.4. The average molecular weight is 635 g/mol. The lowest BCUT2D eigenvalue weighted by atomic mass is 10.0. The first-order chi connectivity index (χ1) is 20.1. The largest absolute Gasteiger partial charge is 0.496 e. The summed E-state index contributed by atoms with van der Waals surface area (Å²) in [5.41, 5.74) is 3.42. The molecule has 2 aliphatic heterocycles. The minimum absolute atomic E-state index is 0.0248. The van der Waals surface area contributed by atoms with Gasteiger partial charge in [-0.3, -0.25) is 9.69 Å². The van der Waals surface area contributed by atoms with Crippen LogP contribution in [-0.2, 0) is 6.54 Å². The van der Waals surface area contributed by atoms with Gasteiger partial charge in [0, 0.05) is 35.9 Å². The Morgan fingerprint density at radius 3 is 2.59 bits per heavy atom. The minimum Gasteiger partial charge on any atom is -0.496 e. The molecule has 0 bridgehead atoms. The van der Waals surface area contributed by atoms with E-state index in [9.17, 15) is 4.79 Å². The normalized spacial score (nSPS) is 17.0. The third-order valence-corrected chi connectivity index (χ3v) is 9.78. The monoisotopic (exact) mass is 633 g/mol. The molecule has 41 heavy (non-hydrogen) atoms. The van der Waals surface area contributed by atoms with Gasteiger partial charge in [-0.2, -0.15) is 0 Å². The summed E-state index contributed by atoms with van der Waals surface area (Å²) >= 11 is 5.27. The molecule has 4 aromatic rings. The SMILES string of the molecule is COc1ccccc1-c1ccc2cc(C(=O)NC3CCN(Cc4ccc(OC5CCNCC5)c(Br)c4)CC3)sc2c1. The van der Waals surface area contributed by atoms with Crippen LogP contribution in [0.15, 0.2) is 71.2 Å². The van der Waals surface area contributed by atoms with Crippen LogP contribution in [-0.4, -0.2) is 56.2 Å². The molecule has 2 saturated heterocycles. The minimum atomic E-state index is 0.0248. The van der Waals surface area contributed by atoms with Crippen LogP contribution in [0.1, 0.15) is 40.9 Å². The van der Waals surface area contributed by atoms with Gasteiger partial charge in [-0.1, -0.05) is 36.4 Å². The second-order valence-corrected chi connectivity index (χ2v) is 12.9. The van der Waals surface area contributed by atoms with Crippen molar-refractivity contribution in [1.82, 2.24) is 15.5 Å². The number of methoxy groups -OCH3 is 1. The zero-order chi connectivity index (χ0) is 28.2. The number of fused-ring (bicyclic) bond motifs is 1. The second-order valence-electron chi connectivity index (χ2n) is 10.9. The number of amides is 1. The highest BCUT2D eigenvalue weighted by Gasteiger charge is 2.23. The second kappa shape index (κ2) is 12.9. The maximum atomic E-state index is 13.2. The fourth-order valence-electron chi connectivity index (χ4n) is 5.77. The van der Waals surface area contributed by atoms with Crippen LogP contribution in [0.4, 0.5) is 0 Å². The lowest BCUT2D eigenvalue weighted by Gasteiger charge is -2.32. The summed E-state index contributed by atoms with van der Waals surface area (Å²) in [5.74, 6) is 1.80. The molecule has 2 aliphatic rings. The van der Waals surface area contributed by atoms with Crippen molar-refractivity contribution in [1.29, 1.82) is 0 Å². The first-order valence-electron chi connectivity index (χ1n) is 14.4. The highest BCUT2D eigenvalue weighted by Crippen LogP contribution is 2.35. The van der Waals surface area contributed by atoms with Crippen LogP contribution in [0.5, 0.6) is 11.5 Å². The standard InChI is InChI=1S/C33H36BrN3O3S/c1-39-29-5-3-2-4-27(29)23-7-8-24-20-32(41-31(24)19-23)33(38)36-25-12-16-37(17-13-25)21-22-6-9-30(28(34)18-22)40-26-10-14-35-15-11-26/h2-9,18-20,25-26,35H,10-17,21H2,1H3,(H,36,38). The number of hydrogen-bond acceptors (Lipinski definition) is 6. The van der Waals surface area contributed by atoms with Crippen molar-refractivity contribution < 1.29 is 14.3 Å². The molecule has 3 aromatic carbocycles. The van der Waals surface area contributed by atoms with Gasteiger partial charge in [-0.05, 0) is 102 Å². The van der Waals surface area contributed by atoms with Gasteiger partial charge < -0.3 is 20.1 Å². The van der Waals surface area contributed by atoms with Crippen LogP contribution >= 0.6 is 27.3 Å². The number of nitrogens with one attached hydrogen (secondary N) is 2. The summed E-state index contributed by atoms with van der Waals surface area (Å²) in [6, 6.07) is 23.0. The van der Waals surface area contributed by atoms with Gasteiger partial charge in [0.15, 0.2) is 0 Å². The number of piperidine rings is 2. The Bertz CT molecular complexity index is 1510. The van der Waals surface area contributed by atoms with Crippen LogP contribution < -0.4 is 20.1 Å². The Morgan fingerprint density at radius 1 is 1.00 bits per heavy atom. The van der Waals surface area contributed by atoms with E-state index in [1.165, 1.54) is 5.56 Å². The molecule has 3 heterocycles. The quantitative estimate of drug-likeness (QED) is 0.222. The van der Waals surface area contributed by atoms with Crippen molar-refractivity contribution in [3.63, 3.8) is 0 Å². The van der Waals surface area contributed by atoms with Crippen molar-refractivity contribution in [2.24, 2.45) is 0 Å². The van der Waals surface area contributed by atoms with E-state index >= 15 is 0 Å². The van der Waals surface area contributed by atoms with Gasteiger partial charge in [-0.25, -0.2) is 0 Å². The number of nitrogens with zero attached hydrogens (tertiary/aromatic N) is 1. The molecule has 0 aliphatic carbocycles. The number of para-hydroxylation sites is 1. The lowest BCUT2D eigenvalue weighted by molar-refractivity contribution is 0.0913. The Morgan fingerprint density at radius 2 is 1.80 bits per heavy atom. The number of benzene rings is 3. The number of thiophene rings is 1. The van der Waals surface area contributed by atoms with Gasteiger partial charge in [0.05, 0.1) is 16.5 Å². The molecule has 0 saturated carbocycles. The maximum absolute atomic E-state index is 13.2. The lowest BCUT2D eigenvalue weighted by Crippen LogP contribution is -2.44.